The van der Waals surface area contributed by atoms with Gasteiger partial charge < -0.3 is 4.90 Å². The van der Waals surface area contributed by atoms with Gasteiger partial charge in [-0.2, -0.15) is 9.41 Å². The number of anilines is 1. The Hall–Kier alpha value is -3.04. The predicted molar refractivity (Wildman–Crippen MR) is 134 cm³/mol. The van der Waals surface area contributed by atoms with E-state index in [1.807, 2.05) is 30.3 Å². The molecule has 5 rings (SSSR count). The number of rotatable bonds is 6. The molecule has 0 radical (unpaired) electrons. The molecule has 0 aliphatic carbocycles. The number of nitrogens with zero attached hydrogens (tertiary/aromatic N) is 4. The fraction of sp³-hybridized carbons (Fsp3) is 0.423. The second kappa shape index (κ2) is 9.91. The predicted octanol–water partition coefficient (Wildman–Crippen LogP) is 3.17. The number of hydrogen-bond acceptors (Lipinski definition) is 5. The summed E-state index contributed by atoms with van der Waals surface area (Å²) < 4.78 is 27.6. The lowest BCUT2D eigenvalue weighted by atomic mass is 10.1. The molecule has 3 aliphatic heterocycles. The van der Waals surface area contributed by atoms with Gasteiger partial charge in [-0.3, -0.25) is 9.59 Å². The number of fused-ring (bicyclic) bond motifs is 1. The van der Waals surface area contributed by atoms with E-state index in [1.54, 1.807) is 27.4 Å². The number of piperidine rings is 1. The van der Waals surface area contributed by atoms with E-state index in [0.29, 0.717) is 43.9 Å². The van der Waals surface area contributed by atoms with Gasteiger partial charge in [-0.05, 0) is 48.6 Å². The number of benzene rings is 2. The molecule has 2 amide bonds. The summed E-state index contributed by atoms with van der Waals surface area (Å²) in [5.74, 6) is -0.290. The average molecular weight is 495 g/mol. The zero-order valence-corrected chi connectivity index (χ0v) is 20.5. The number of carbonyl (C=O) groups excluding carboxylic acids is 2. The van der Waals surface area contributed by atoms with Crippen molar-refractivity contribution in [3.05, 3.63) is 59.7 Å². The van der Waals surface area contributed by atoms with Crippen molar-refractivity contribution in [2.45, 2.75) is 49.8 Å². The summed E-state index contributed by atoms with van der Waals surface area (Å²) in [5, 5.41) is 5.92. The quantitative estimate of drug-likeness (QED) is 0.617. The third kappa shape index (κ3) is 4.88. The standard InChI is InChI=1S/C26H30N4O4S/c31-25(11-12-26(32)30-18-14-23(27-30)20-7-3-1-4-8-20)29-17-13-21-19-22(9-10-24(21)29)35(33,34)28-15-5-2-6-16-28/h1,3-4,7-10,19H,2,5-6,11-18H2. The molecule has 8 nitrogen and oxygen atoms in total. The van der Waals surface area contributed by atoms with Gasteiger partial charge in [0.05, 0.1) is 17.2 Å². The van der Waals surface area contributed by atoms with Crippen molar-refractivity contribution in [3.8, 4) is 0 Å². The van der Waals surface area contributed by atoms with Crippen molar-refractivity contribution in [1.82, 2.24) is 9.31 Å². The van der Waals surface area contributed by atoms with Gasteiger partial charge in [0, 0.05) is 44.6 Å². The highest BCUT2D eigenvalue weighted by Crippen LogP contribution is 2.32. The molecule has 3 aliphatic rings. The SMILES string of the molecule is O=C(CCC(=O)N1CCc2cc(S(=O)(=O)N3CCCCC3)ccc21)N1CCC(c2ccccc2)=N1. The molecule has 184 valence electrons. The van der Waals surface area contributed by atoms with Crippen LogP contribution in [0.3, 0.4) is 0 Å². The summed E-state index contributed by atoms with van der Waals surface area (Å²) in [5.41, 5.74) is 3.49. The lowest BCUT2D eigenvalue weighted by molar-refractivity contribution is -0.132. The van der Waals surface area contributed by atoms with Crippen LogP contribution in [0.2, 0.25) is 0 Å². The topological polar surface area (TPSA) is 90.4 Å². The Kier molecular flexibility index (Phi) is 6.71. The van der Waals surface area contributed by atoms with E-state index in [-0.39, 0.29) is 24.7 Å². The minimum Gasteiger partial charge on any atom is -0.312 e. The first-order chi connectivity index (χ1) is 16.9. The molecule has 1 saturated heterocycles. The smallest absolute Gasteiger partial charge is 0.243 e. The van der Waals surface area contributed by atoms with Crippen LogP contribution in [0.1, 0.15) is 49.7 Å². The molecule has 0 N–H and O–H groups in total. The van der Waals surface area contributed by atoms with E-state index in [1.165, 1.54) is 5.01 Å². The maximum Gasteiger partial charge on any atom is 0.243 e. The average Bonchev–Trinajstić information content (AvgIpc) is 3.56. The maximum atomic E-state index is 13.0. The maximum absolute atomic E-state index is 13.0. The van der Waals surface area contributed by atoms with Crippen molar-refractivity contribution in [2.24, 2.45) is 5.10 Å². The zero-order valence-electron chi connectivity index (χ0n) is 19.7. The fourth-order valence-electron chi connectivity index (χ4n) is 5.00. The summed E-state index contributed by atoms with van der Waals surface area (Å²) in [7, 11) is -3.51. The summed E-state index contributed by atoms with van der Waals surface area (Å²) in [6, 6.07) is 14.8. The second-order valence-electron chi connectivity index (χ2n) is 9.23. The van der Waals surface area contributed by atoms with Crippen molar-refractivity contribution in [1.29, 1.82) is 0 Å². The van der Waals surface area contributed by atoms with Crippen molar-refractivity contribution >= 4 is 33.2 Å². The van der Waals surface area contributed by atoms with Crippen LogP contribution in [0, 0.1) is 0 Å². The van der Waals surface area contributed by atoms with Gasteiger partial charge in [0.25, 0.3) is 0 Å². The van der Waals surface area contributed by atoms with Gasteiger partial charge in [-0.15, -0.1) is 0 Å². The molecule has 0 bridgehead atoms. The highest BCUT2D eigenvalue weighted by atomic mass is 32.2. The molecule has 0 aromatic heterocycles. The van der Waals surface area contributed by atoms with E-state index >= 15 is 0 Å². The Morgan fingerprint density at radius 1 is 0.829 bits per heavy atom. The zero-order chi connectivity index (χ0) is 24.4. The summed E-state index contributed by atoms with van der Waals surface area (Å²) >= 11 is 0. The van der Waals surface area contributed by atoms with Gasteiger partial charge in [0.2, 0.25) is 21.8 Å². The van der Waals surface area contributed by atoms with E-state index in [9.17, 15) is 18.0 Å². The molecule has 0 atom stereocenters. The molecule has 35 heavy (non-hydrogen) atoms. The first-order valence-electron chi connectivity index (χ1n) is 12.3. The lowest BCUT2D eigenvalue weighted by Gasteiger charge is -2.26. The van der Waals surface area contributed by atoms with Crippen LogP contribution in [0.25, 0.3) is 0 Å². The summed E-state index contributed by atoms with van der Waals surface area (Å²) in [4.78, 5) is 27.6. The summed E-state index contributed by atoms with van der Waals surface area (Å²) in [6.45, 7) is 2.14. The minimum absolute atomic E-state index is 0.0949. The molecule has 3 heterocycles. The van der Waals surface area contributed by atoms with Gasteiger partial charge in [-0.25, -0.2) is 13.4 Å². The molecule has 1 fully saturated rings. The Bertz CT molecular complexity index is 1250. The largest absolute Gasteiger partial charge is 0.312 e. The van der Waals surface area contributed by atoms with Gasteiger partial charge in [0.1, 0.15) is 0 Å². The van der Waals surface area contributed by atoms with E-state index in [2.05, 4.69) is 5.10 Å². The highest BCUT2D eigenvalue weighted by molar-refractivity contribution is 7.89. The van der Waals surface area contributed by atoms with Crippen LogP contribution >= 0.6 is 0 Å². The first kappa shape index (κ1) is 23.7. The van der Waals surface area contributed by atoms with E-state index in [4.69, 9.17) is 0 Å². The third-order valence-electron chi connectivity index (χ3n) is 6.95. The van der Waals surface area contributed by atoms with Crippen molar-refractivity contribution < 1.29 is 18.0 Å². The van der Waals surface area contributed by atoms with Crippen molar-refractivity contribution in [3.63, 3.8) is 0 Å². The van der Waals surface area contributed by atoms with Crippen LogP contribution < -0.4 is 4.90 Å². The number of hydrazone groups is 1. The Labute approximate surface area is 206 Å². The van der Waals surface area contributed by atoms with Crippen LogP contribution in [0.5, 0.6) is 0 Å². The number of amides is 2. The van der Waals surface area contributed by atoms with Crippen LogP contribution in [0.4, 0.5) is 5.69 Å². The van der Waals surface area contributed by atoms with Crippen LogP contribution in [-0.2, 0) is 26.0 Å². The first-order valence-corrected chi connectivity index (χ1v) is 13.7. The van der Waals surface area contributed by atoms with Gasteiger partial charge in [-0.1, -0.05) is 36.8 Å². The highest BCUT2D eigenvalue weighted by Gasteiger charge is 2.30. The third-order valence-corrected chi connectivity index (χ3v) is 8.84. The number of sulfonamides is 1. The van der Waals surface area contributed by atoms with E-state index in [0.717, 1.165) is 41.8 Å². The van der Waals surface area contributed by atoms with Gasteiger partial charge >= 0.3 is 0 Å². The van der Waals surface area contributed by atoms with Gasteiger partial charge in [0.15, 0.2) is 0 Å². The lowest BCUT2D eigenvalue weighted by Crippen LogP contribution is -2.35. The molecular weight excluding hydrogens is 464 g/mol. The van der Waals surface area contributed by atoms with Crippen LogP contribution in [0.15, 0.2) is 58.5 Å². The summed E-state index contributed by atoms with van der Waals surface area (Å²) in [6.07, 6.45) is 4.34. The molecule has 9 heteroatoms. The van der Waals surface area contributed by atoms with Crippen molar-refractivity contribution in [2.75, 3.05) is 31.1 Å². The molecule has 0 spiro atoms. The normalized spacial score (nSPS) is 18.5. The number of hydrogen-bond donors (Lipinski definition) is 0. The second-order valence-corrected chi connectivity index (χ2v) is 11.2. The van der Waals surface area contributed by atoms with Crippen LogP contribution in [-0.4, -0.2) is 61.4 Å². The number of carbonyl (C=O) groups is 2. The monoisotopic (exact) mass is 494 g/mol. The molecular formula is C26H30N4O4S. The fourth-order valence-corrected chi connectivity index (χ4v) is 6.57. The molecule has 0 saturated carbocycles. The minimum atomic E-state index is -3.51. The Morgan fingerprint density at radius 3 is 2.34 bits per heavy atom. The molecule has 0 unspecified atom stereocenters. The Morgan fingerprint density at radius 2 is 1.57 bits per heavy atom. The van der Waals surface area contributed by atoms with E-state index < -0.39 is 10.0 Å². The Balaban J connectivity index is 1.20. The molecule has 2 aromatic rings. The molecule has 2 aromatic carbocycles.